The minimum Gasteiger partial charge on any atom is -0.314 e. The Morgan fingerprint density at radius 2 is 1.91 bits per heavy atom. The second-order valence-corrected chi connectivity index (χ2v) is 8.70. The minimum absolute atomic E-state index is 0. The van der Waals surface area contributed by atoms with Gasteiger partial charge in [-0.05, 0) is 62.8 Å². The van der Waals surface area contributed by atoms with Crippen LogP contribution in [0.3, 0.4) is 0 Å². The van der Waals surface area contributed by atoms with E-state index in [4.69, 9.17) is 11.6 Å². The van der Waals surface area contributed by atoms with Gasteiger partial charge in [0.15, 0.2) is 0 Å². The van der Waals surface area contributed by atoms with E-state index in [1.54, 1.807) is 22.5 Å². The maximum absolute atomic E-state index is 12.8. The van der Waals surface area contributed by atoms with Crippen LogP contribution in [0.1, 0.15) is 31.2 Å². The van der Waals surface area contributed by atoms with Crippen LogP contribution in [0.5, 0.6) is 0 Å². The molecule has 0 saturated carbocycles. The van der Waals surface area contributed by atoms with Crippen molar-refractivity contribution in [2.45, 2.75) is 43.5 Å². The average Bonchev–Trinajstić information content (AvgIpc) is 3.04. The third-order valence-electron chi connectivity index (χ3n) is 4.93. The third-order valence-corrected chi connectivity index (χ3v) is 7.21. The van der Waals surface area contributed by atoms with Crippen LogP contribution < -0.4 is 5.32 Å². The van der Waals surface area contributed by atoms with Crippen molar-refractivity contribution < 1.29 is 8.42 Å². The van der Waals surface area contributed by atoms with Crippen LogP contribution in [0.25, 0.3) is 0 Å². The Bertz CT molecular complexity index is 637. The molecule has 2 heterocycles. The van der Waals surface area contributed by atoms with Crippen LogP contribution in [0.15, 0.2) is 23.1 Å². The maximum atomic E-state index is 12.8. The molecule has 0 spiro atoms. The minimum atomic E-state index is -3.43. The predicted octanol–water partition coefficient (Wildman–Crippen LogP) is 3.22. The number of nitrogens with zero attached hydrogens (tertiary/aromatic N) is 1. The Hall–Kier alpha value is -0.330. The zero-order valence-electron chi connectivity index (χ0n) is 13.3. The van der Waals surface area contributed by atoms with Gasteiger partial charge in [0, 0.05) is 24.2 Å². The Labute approximate surface area is 150 Å². The number of benzene rings is 1. The first-order valence-corrected chi connectivity index (χ1v) is 9.80. The third kappa shape index (κ3) is 4.02. The van der Waals surface area contributed by atoms with Crippen molar-refractivity contribution in [2.24, 2.45) is 5.92 Å². The van der Waals surface area contributed by atoms with E-state index >= 15 is 0 Å². The van der Waals surface area contributed by atoms with Crippen LogP contribution in [0, 0.1) is 12.8 Å². The molecule has 23 heavy (non-hydrogen) atoms. The van der Waals surface area contributed by atoms with E-state index < -0.39 is 10.0 Å². The van der Waals surface area contributed by atoms with Gasteiger partial charge in [-0.2, -0.15) is 4.31 Å². The number of aryl methyl sites for hydroxylation is 1. The molecule has 2 saturated heterocycles. The molecule has 0 amide bonds. The number of hydrogen-bond donors (Lipinski definition) is 1. The molecule has 1 aromatic rings. The first-order valence-electron chi connectivity index (χ1n) is 7.98. The summed E-state index contributed by atoms with van der Waals surface area (Å²) in [6.45, 7) is 4.14. The van der Waals surface area contributed by atoms with Gasteiger partial charge in [-0.15, -0.1) is 12.4 Å². The van der Waals surface area contributed by atoms with E-state index in [0.717, 1.165) is 24.9 Å². The molecule has 2 aliphatic heterocycles. The van der Waals surface area contributed by atoms with Gasteiger partial charge in [0.1, 0.15) is 0 Å². The number of piperidine rings is 1. The molecule has 130 valence electrons. The van der Waals surface area contributed by atoms with Gasteiger partial charge in [-0.3, -0.25) is 0 Å². The summed E-state index contributed by atoms with van der Waals surface area (Å²) in [6, 6.07) is 5.65. The first kappa shape index (κ1) is 19.0. The average molecular weight is 379 g/mol. The van der Waals surface area contributed by atoms with E-state index in [1.165, 1.54) is 12.8 Å². The van der Waals surface area contributed by atoms with Crippen molar-refractivity contribution >= 4 is 34.0 Å². The van der Waals surface area contributed by atoms with Crippen LogP contribution in [-0.2, 0) is 10.0 Å². The lowest BCUT2D eigenvalue weighted by molar-refractivity contribution is 0.234. The summed E-state index contributed by atoms with van der Waals surface area (Å²) in [7, 11) is -3.43. The van der Waals surface area contributed by atoms with Gasteiger partial charge < -0.3 is 5.32 Å². The van der Waals surface area contributed by atoms with E-state index in [2.05, 4.69) is 5.32 Å². The monoisotopic (exact) mass is 378 g/mol. The summed E-state index contributed by atoms with van der Waals surface area (Å²) in [6.07, 6.45) is 4.35. The highest BCUT2D eigenvalue weighted by atomic mass is 35.5. The molecule has 1 unspecified atom stereocenters. The van der Waals surface area contributed by atoms with E-state index in [9.17, 15) is 8.42 Å². The van der Waals surface area contributed by atoms with Gasteiger partial charge in [-0.1, -0.05) is 17.7 Å². The fourth-order valence-electron chi connectivity index (χ4n) is 3.62. The quantitative estimate of drug-likeness (QED) is 0.877. The SMILES string of the molecule is Cc1ccc(Cl)cc1S(=O)(=O)N1CCC(C2CCCN2)CC1.Cl. The van der Waals surface area contributed by atoms with Gasteiger partial charge >= 0.3 is 0 Å². The summed E-state index contributed by atoms with van der Waals surface area (Å²) in [5.41, 5.74) is 0.754. The summed E-state index contributed by atoms with van der Waals surface area (Å²) in [5.74, 6) is 0.606. The lowest BCUT2D eigenvalue weighted by Crippen LogP contribution is -2.43. The second kappa shape index (κ2) is 7.70. The molecule has 3 rings (SSSR count). The van der Waals surface area contributed by atoms with Gasteiger partial charge in [0.05, 0.1) is 4.90 Å². The Morgan fingerprint density at radius 3 is 2.52 bits per heavy atom. The zero-order chi connectivity index (χ0) is 15.7. The van der Waals surface area contributed by atoms with Crippen molar-refractivity contribution in [2.75, 3.05) is 19.6 Å². The highest BCUT2D eigenvalue weighted by Crippen LogP contribution is 2.30. The molecule has 4 nitrogen and oxygen atoms in total. The van der Waals surface area contributed by atoms with Crippen molar-refractivity contribution in [3.8, 4) is 0 Å². The maximum Gasteiger partial charge on any atom is 0.243 e. The summed E-state index contributed by atoms with van der Waals surface area (Å²) >= 11 is 5.98. The topological polar surface area (TPSA) is 49.4 Å². The van der Waals surface area contributed by atoms with Gasteiger partial charge in [0.25, 0.3) is 0 Å². The second-order valence-electron chi connectivity index (χ2n) is 6.35. The van der Waals surface area contributed by atoms with Crippen molar-refractivity contribution in [3.05, 3.63) is 28.8 Å². The molecule has 2 aliphatic rings. The number of halogens is 2. The lowest BCUT2D eigenvalue weighted by Gasteiger charge is -2.34. The van der Waals surface area contributed by atoms with Crippen molar-refractivity contribution in [1.29, 1.82) is 0 Å². The summed E-state index contributed by atoms with van der Waals surface area (Å²) in [4.78, 5) is 0.345. The molecule has 1 aromatic carbocycles. The summed E-state index contributed by atoms with van der Waals surface area (Å²) in [5, 5.41) is 4.01. The Balaban J connectivity index is 0.00000192. The first-order chi connectivity index (χ1) is 10.5. The standard InChI is InChI=1S/C16H23ClN2O2S.ClH/c1-12-4-5-14(17)11-16(12)22(20,21)19-9-6-13(7-10-19)15-3-2-8-18-15;/h4-5,11,13,15,18H,2-3,6-10H2,1H3;1H. The molecule has 1 N–H and O–H groups in total. The smallest absolute Gasteiger partial charge is 0.243 e. The highest BCUT2D eigenvalue weighted by molar-refractivity contribution is 7.89. The van der Waals surface area contributed by atoms with Crippen LogP contribution in [-0.4, -0.2) is 38.4 Å². The number of sulfonamides is 1. The molecule has 0 aliphatic carbocycles. The van der Waals surface area contributed by atoms with Crippen LogP contribution >= 0.6 is 24.0 Å². The van der Waals surface area contributed by atoms with E-state index in [-0.39, 0.29) is 12.4 Å². The van der Waals surface area contributed by atoms with Crippen LogP contribution in [0.4, 0.5) is 0 Å². The predicted molar refractivity (Wildman–Crippen MR) is 95.9 cm³/mol. The summed E-state index contributed by atoms with van der Waals surface area (Å²) < 4.78 is 27.3. The molecule has 7 heteroatoms. The molecule has 1 atom stereocenters. The van der Waals surface area contributed by atoms with E-state index in [1.807, 2.05) is 6.92 Å². The molecule has 0 bridgehead atoms. The molecule has 0 radical (unpaired) electrons. The van der Waals surface area contributed by atoms with Crippen molar-refractivity contribution in [1.82, 2.24) is 9.62 Å². The highest BCUT2D eigenvalue weighted by Gasteiger charge is 2.34. The largest absolute Gasteiger partial charge is 0.314 e. The van der Waals surface area contributed by atoms with Crippen molar-refractivity contribution in [3.63, 3.8) is 0 Å². The fourth-order valence-corrected chi connectivity index (χ4v) is 5.58. The number of rotatable bonds is 3. The number of nitrogens with one attached hydrogen (secondary N) is 1. The van der Waals surface area contributed by atoms with E-state index in [0.29, 0.717) is 35.0 Å². The fraction of sp³-hybridized carbons (Fsp3) is 0.625. The Kier molecular flexibility index (Phi) is 6.36. The molecule has 2 fully saturated rings. The van der Waals surface area contributed by atoms with Gasteiger partial charge in [-0.25, -0.2) is 8.42 Å². The normalized spacial score (nSPS) is 23.7. The number of hydrogen-bond acceptors (Lipinski definition) is 3. The lowest BCUT2D eigenvalue weighted by atomic mass is 9.89. The van der Waals surface area contributed by atoms with Crippen LogP contribution in [0.2, 0.25) is 5.02 Å². The Morgan fingerprint density at radius 1 is 1.22 bits per heavy atom. The zero-order valence-corrected chi connectivity index (χ0v) is 15.7. The molecular weight excluding hydrogens is 355 g/mol. The molecular formula is C16H24Cl2N2O2S. The molecule has 0 aromatic heterocycles. The van der Waals surface area contributed by atoms with Gasteiger partial charge in [0.2, 0.25) is 10.0 Å².